The smallest absolute Gasteiger partial charge is 0.333 e. The molecule has 2 aromatic heterocycles. The van der Waals surface area contributed by atoms with Crippen LogP contribution in [0.1, 0.15) is 51.5 Å². The summed E-state index contributed by atoms with van der Waals surface area (Å²) in [4.78, 5) is 45.8. The summed E-state index contributed by atoms with van der Waals surface area (Å²) in [5.74, 6) is 0.0115. The molecular weight excluding hydrogens is 426 g/mol. The second-order valence-electron chi connectivity index (χ2n) is 8.50. The second-order valence-corrected chi connectivity index (χ2v) is 9.47. The van der Waals surface area contributed by atoms with Crippen molar-refractivity contribution in [3.8, 4) is 0 Å². The number of benzene rings is 1. The Morgan fingerprint density at radius 2 is 1.94 bits per heavy atom. The minimum atomic E-state index is -0.492. The number of aromatic nitrogens is 3. The summed E-state index contributed by atoms with van der Waals surface area (Å²) in [5.41, 5.74) is 1.28. The Kier molecular flexibility index (Phi) is 6.45. The van der Waals surface area contributed by atoms with Crippen molar-refractivity contribution < 1.29 is 4.79 Å². The van der Waals surface area contributed by atoms with Crippen molar-refractivity contribution in [2.24, 2.45) is 0 Å². The largest absolute Gasteiger partial charge is 0.348 e. The molecule has 9 heteroatoms. The lowest BCUT2D eigenvalue weighted by Crippen LogP contribution is -2.41. The highest BCUT2D eigenvalue weighted by molar-refractivity contribution is 7.22. The van der Waals surface area contributed by atoms with E-state index in [1.807, 2.05) is 31.2 Å². The van der Waals surface area contributed by atoms with Crippen LogP contribution in [-0.4, -0.2) is 33.1 Å². The first-order chi connectivity index (χ1) is 15.4. The third kappa shape index (κ3) is 4.34. The molecule has 1 saturated heterocycles. The summed E-state index contributed by atoms with van der Waals surface area (Å²) in [7, 11) is 0. The molecule has 0 atom stereocenters. The van der Waals surface area contributed by atoms with E-state index in [1.54, 1.807) is 0 Å². The average Bonchev–Trinajstić information content (AvgIpc) is 3.44. The molecule has 8 nitrogen and oxygen atoms in total. The van der Waals surface area contributed by atoms with Crippen LogP contribution in [-0.2, 0) is 17.9 Å². The Balaban J connectivity index is 1.71. The van der Waals surface area contributed by atoms with Crippen molar-refractivity contribution in [3.05, 3.63) is 50.7 Å². The number of amides is 1. The maximum atomic E-state index is 13.2. The van der Waals surface area contributed by atoms with Crippen molar-refractivity contribution in [2.75, 3.05) is 23.3 Å². The maximum absolute atomic E-state index is 13.2. The molecule has 1 aliphatic heterocycles. The lowest BCUT2D eigenvalue weighted by molar-refractivity contribution is -0.116. The molecule has 1 N–H and O–H groups in total. The minimum Gasteiger partial charge on any atom is -0.348 e. The number of fused-ring (bicyclic) bond motifs is 1. The monoisotopic (exact) mass is 455 g/mol. The summed E-state index contributed by atoms with van der Waals surface area (Å²) in [5, 5.41) is 3.62. The molecule has 32 heavy (non-hydrogen) atoms. The van der Waals surface area contributed by atoms with E-state index in [4.69, 9.17) is 0 Å². The summed E-state index contributed by atoms with van der Waals surface area (Å²) in [6.07, 6.45) is 2.81. The van der Waals surface area contributed by atoms with E-state index in [1.165, 1.54) is 20.5 Å². The molecule has 1 fully saturated rings. The van der Waals surface area contributed by atoms with Gasteiger partial charge in [0.15, 0.2) is 10.8 Å². The van der Waals surface area contributed by atoms with Gasteiger partial charge in [0.2, 0.25) is 5.91 Å². The number of thiazole rings is 1. The minimum absolute atomic E-state index is 0.200. The Morgan fingerprint density at radius 3 is 2.62 bits per heavy atom. The van der Waals surface area contributed by atoms with Gasteiger partial charge in [-0.1, -0.05) is 44.2 Å². The quantitative estimate of drug-likeness (QED) is 0.590. The number of hydrogen-bond acceptors (Lipinski definition) is 6. The van der Waals surface area contributed by atoms with E-state index in [-0.39, 0.29) is 18.0 Å². The predicted octanol–water partition coefficient (Wildman–Crippen LogP) is 3.39. The van der Waals surface area contributed by atoms with Crippen LogP contribution in [0.5, 0.6) is 0 Å². The van der Waals surface area contributed by atoms with E-state index >= 15 is 0 Å². The summed E-state index contributed by atoms with van der Waals surface area (Å²) >= 11 is 1.31. The molecule has 3 aromatic rings. The molecule has 0 saturated carbocycles. The fraction of sp³-hybridized carbons (Fsp3) is 0.478. The van der Waals surface area contributed by atoms with Gasteiger partial charge < -0.3 is 10.2 Å². The molecular formula is C23H29N5O3S. The lowest BCUT2D eigenvalue weighted by Gasteiger charge is -2.13. The molecule has 0 radical (unpaired) electrons. The van der Waals surface area contributed by atoms with Crippen molar-refractivity contribution >= 4 is 38.4 Å². The highest BCUT2D eigenvalue weighted by Gasteiger charge is 2.23. The maximum Gasteiger partial charge on any atom is 0.333 e. The molecule has 0 spiro atoms. The zero-order chi connectivity index (χ0) is 22.8. The zero-order valence-corrected chi connectivity index (χ0v) is 19.6. The van der Waals surface area contributed by atoms with Crippen molar-refractivity contribution in [2.45, 2.75) is 59.0 Å². The topological polar surface area (TPSA) is 89.2 Å². The van der Waals surface area contributed by atoms with Gasteiger partial charge >= 0.3 is 5.69 Å². The SMILES string of the molecule is CCCn1c(=O)c2sc(N3CCCC3)nc2n(CC(=O)Nc2cccc(C(C)C)c2)c1=O. The second kappa shape index (κ2) is 9.28. The Bertz CT molecular complexity index is 1250. The van der Waals surface area contributed by atoms with Gasteiger partial charge in [-0.05, 0) is 42.9 Å². The summed E-state index contributed by atoms with van der Waals surface area (Å²) in [6.45, 7) is 7.98. The van der Waals surface area contributed by atoms with Gasteiger partial charge in [-0.25, -0.2) is 9.78 Å². The van der Waals surface area contributed by atoms with Crippen LogP contribution in [0.25, 0.3) is 10.3 Å². The molecule has 3 heterocycles. The first-order valence-corrected chi connectivity index (χ1v) is 12.0. The van der Waals surface area contributed by atoms with Crippen molar-refractivity contribution in [1.29, 1.82) is 0 Å². The third-order valence-electron chi connectivity index (χ3n) is 5.72. The van der Waals surface area contributed by atoms with Crippen LogP contribution in [0.2, 0.25) is 0 Å². The molecule has 1 amide bonds. The van der Waals surface area contributed by atoms with E-state index in [0.717, 1.165) is 36.6 Å². The van der Waals surface area contributed by atoms with E-state index in [0.29, 0.717) is 34.9 Å². The van der Waals surface area contributed by atoms with Crippen LogP contribution in [0, 0.1) is 0 Å². The van der Waals surface area contributed by atoms with Crippen molar-refractivity contribution in [1.82, 2.24) is 14.1 Å². The number of hydrogen-bond donors (Lipinski definition) is 1. The average molecular weight is 456 g/mol. The number of carbonyl (C=O) groups excluding carboxylic acids is 1. The molecule has 1 aliphatic rings. The van der Waals surface area contributed by atoms with Gasteiger partial charge in [-0.15, -0.1) is 0 Å². The van der Waals surface area contributed by atoms with Crippen LogP contribution in [0.4, 0.5) is 10.8 Å². The number of anilines is 2. The van der Waals surface area contributed by atoms with Gasteiger partial charge in [-0.2, -0.15) is 0 Å². The van der Waals surface area contributed by atoms with Gasteiger partial charge in [0.05, 0.1) is 0 Å². The van der Waals surface area contributed by atoms with Crippen LogP contribution >= 0.6 is 11.3 Å². The van der Waals surface area contributed by atoms with Gasteiger partial charge in [-0.3, -0.25) is 18.7 Å². The predicted molar refractivity (Wildman–Crippen MR) is 129 cm³/mol. The summed E-state index contributed by atoms with van der Waals surface area (Å²) in [6, 6.07) is 7.69. The lowest BCUT2D eigenvalue weighted by atomic mass is 10.0. The van der Waals surface area contributed by atoms with Gasteiger partial charge in [0.25, 0.3) is 5.56 Å². The van der Waals surface area contributed by atoms with E-state index in [9.17, 15) is 14.4 Å². The summed E-state index contributed by atoms with van der Waals surface area (Å²) < 4.78 is 2.99. The van der Waals surface area contributed by atoms with Crippen LogP contribution in [0.3, 0.4) is 0 Å². The standard InChI is InChI=1S/C23H29N5O3S/c1-4-10-27-21(30)19-20(25-22(32-19)26-11-5-6-12-26)28(23(27)31)14-18(29)24-17-9-7-8-16(13-17)15(2)3/h7-9,13,15H,4-6,10-12,14H2,1-3H3,(H,24,29). The Labute approximate surface area is 190 Å². The molecule has 0 bridgehead atoms. The van der Waals surface area contributed by atoms with Crippen molar-refractivity contribution in [3.63, 3.8) is 0 Å². The Morgan fingerprint density at radius 1 is 1.19 bits per heavy atom. The molecule has 0 unspecified atom stereocenters. The highest BCUT2D eigenvalue weighted by atomic mass is 32.1. The number of nitrogens with one attached hydrogen (secondary N) is 1. The zero-order valence-electron chi connectivity index (χ0n) is 18.8. The van der Waals surface area contributed by atoms with Crippen LogP contribution in [0.15, 0.2) is 33.9 Å². The molecule has 4 rings (SSSR count). The van der Waals surface area contributed by atoms with Gasteiger partial charge in [0, 0.05) is 25.3 Å². The first kappa shape index (κ1) is 22.3. The number of nitrogens with zero attached hydrogens (tertiary/aromatic N) is 4. The Hall–Kier alpha value is -2.94. The van der Waals surface area contributed by atoms with E-state index in [2.05, 4.69) is 29.0 Å². The van der Waals surface area contributed by atoms with E-state index < -0.39 is 5.69 Å². The third-order valence-corrected chi connectivity index (χ3v) is 6.81. The molecule has 1 aromatic carbocycles. The van der Waals surface area contributed by atoms with Crippen LogP contribution < -0.4 is 21.5 Å². The van der Waals surface area contributed by atoms with Gasteiger partial charge in [0.1, 0.15) is 11.2 Å². The number of rotatable bonds is 7. The first-order valence-electron chi connectivity index (χ1n) is 11.2. The normalized spacial score (nSPS) is 13.9. The number of carbonyl (C=O) groups is 1. The molecule has 0 aliphatic carbocycles. The highest BCUT2D eigenvalue weighted by Crippen LogP contribution is 2.28. The fourth-order valence-electron chi connectivity index (χ4n) is 4.00. The molecule has 170 valence electrons. The fourth-order valence-corrected chi connectivity index (χ4v) is 5.07.